The fraction of sp³-hybridized carbons (Fsp3) is 0.765. The Balaban J connectivity index is 1.96. The third kappa shape index (κ3) is 2.95. The van der Waals surface area contributed by atoms with E-state index in [1.54, 1.807) is 0 Å². The number of aliphatic imine (C=N–C) groups is 2. The molecule has 0 N–H and O–H groups in total. The number of nitrogens with zero attached hydrogens (tertiary/aromatic N) is 3. The van der Waals surface area contributed by atoms with E-state index in [1.807, 2.05) is 6.92 Å². The van der Waals surface area contributed by atoms with Gasteiger partial charge in [0.05, 0.1) is 5.84 Å². The standard InChI is InChI=1S/C17H28BN3/c1-12(2)11-17-20-13(3)19-14(4)21(17)18-15-7-5-8-16(18)10-6-9-15/h11-12,15-16H,5-10H2,1-4H3/b17-11+. The molecule has 0 radical (unpaired) electrons. The van der Waals surface area contributed by atoms with Gasteiger partial charge in [0.25, 0.3) is 6.85 Å². The van der Waals surface area contributed by atoms with Gasteiger partial charge in [-0.15, -0.1) is 0 Å². The lowest BCUT2D eigenvalue weighted by Crippen LogP contribution is -2.52. The SMILES string of the molecule is CC1=N/C(=C\C(C)C)N(B2C3CCCC2CCC3)C(C)=N1. The second-order valence-electron chi connectivity index (χ2n) is 7.33. The zero-order chi connectivity index (χ0) is 15.0. The Morgan fingerprint density at radius 3 is 2.14 bits per heavy atom. The lowest BCUT2D eigenvalue weighted by Gasteiger charge is -2.47. The van der Waals surface area contributed by atoms with Crippen molar-refractivity contribution < 1.29 is 0 Å². The highest BCUT2D eigenvalue weighted by Gasteiger charge is 2.45. The van der Waals surface area contributed by atoms with Crippen LogP contribution in [0.3, 0.4) is 0 Å². The van der Waals surface area contributed by atoms with Crippen molar-refractivity contribution in [1.29, 1.82) is 0 Å². The van der Waals surface area contributed by atoms with Gasteiger partial charge in [-0.2, -0.15) is 0 Å². The maximum Gasteiger partial charge on any atom is 0.270 e. The van der Waals surface area contributed by atoms with Crippen molar-refractivity contribution in [3.63, 3.8) is 0 Å². The van der Waals surface area contributed by atoms with Gasteiger partial charge in [-0.05, 0) is 37.5 Å². The van der Waals surface area contributed by atoms with E-state index in [4.69, 9.17) is 4.99 Å². The fourth-order valence-corrected chi connectivity index (χ4v) is 4.55. The third-order valence-corrected chi connectivity index (χ3v) is 5.24. The monoisotopic (exact) mass is 285 g/mol. The fourth-order valence-electron chi connectivity index (χ4n) is 4.55. The highest BCUT2D eigenvalue weighted by molar-refractivity contribution is 6.63. The normalized spacial score (nSPS) is 31.6. The first kappa shape index (κ1) is 14.9. The van der Waals surface area contributed by atoms with E-state index in [-0.39, 0.29) is 0 Å². The van der Waals surface area contributed by atoms with Gasteiger partial charge in [-0.1, -0.05) is 52.4 Å². The van der Waals surface area contributed by atoms with Crippen molar-refractivity contribution in [2.45, 2.75) is 77.9 Å². The summed E-state index contributed by atoms with van der Waals surface area (Å²) in [7, 11) is 0. The highest BCUT2D eigenvalue weighted by atomic mass is 15.3. The van der Waals surface area contributed by atoms with Gasteiger partial charge in [0, 0.05) is 0 Å². The topological polar surface area (TPSA) is 28.0 Å². The molecule has 2 bridgehead atoms. The molecule has 114 valence electrons. The molecule has 0 aromatic carbocycles. The Morgan fingerprint density at radius 1 is 1.05 bits per heavy atom. The Labute approximate surface area is 129 Å². The molecule has 3 aliphatic rings. The Morgan fingerprint density at radius 2 is 1.62 bits per heavy atom. The summed E-state index contributed by atoms with van der Waals surface area (Å²) in [5.74, 6) is 5.40. The maximum atomic E-state index is 4.77. The molecular weight excluding hydrogens is 257 g/mol. The summed E-state index contributed by atoms with van der Waals surface area (Å²) in [6.45, 7) is 9.28. The lowest BCUT2D eigenvalue weighted by molar-refractivity contribution is 0.417. The van der Waals surface area contributed by atoms with E-state index in [9.17, 15) is 0 Å². The van der Waals surface area contributed by atoms with Gasteiger partial charge in [-0.3, -0.25) is 0 Å². The Hall–Kier alpha value is -1.06. The molecule has 21 heavy (non-hydrogen) atoms. The number of rotatable bonds is 2. The van der Waals surface area contributed by atoms with Gasteiger partial charge in [-0.25, -0.2) is 9.98 Å². The first-order chi connectivity index (χ1) is 10.1. The van der Waals surface area contributed by atoms with Crippen molar-refractivity contribution in [2.75, 3.05) is 0 Å². The summed E-state index contributed by atoms with van der Waals surface area (Å²) in [5.41, 5.74) is 0. The van der Waals surface area contributed by atoms with Gasteiger partial charge >= 0.3 is 0 Å². The van der Waals surface area contributed by atoms with Gasteiger partial charge in [0.2, 0.25) is 0 Å². The molecule has 3 rings (SSSR count). The van der Waals surface area contributed by atoms with Crippen LogP contribution in [0.5, 0.6) is 0 Å². The predicted octanol–water partition coefficient (Wildman–Crippen LogP) is 4.74. The molecule has 0 spiro atoms. The molecule has 0 aliphatic carbocycles. The number of fused-ring (bicyclic) bond motifs is 2. The van der Waals surface area contributed by atoms with Crippen molar-refractivity contribution in [1.82, 2.24) is 4.81 Å². The maximum absolute atomic E-state index is 4.77. The molecule has 0 saturated carbocycles. The molecule has 3 aliphatic heterocycles. The molecular formula is C17H28BN3. The highest BCUT2D eigenvalue weighted by Crippen LogP contribution is 2.48. The quantitative estimate of drug-likeness (QED) is 0.674. The first-order valence-electron chi connectivity index (χ1n) is 8.68. The second-order valence-corrected chi connectivity index (χ2v) is 7.33. The van der Waals surface area contributed by atoms with Crippen LogP contribution in [0.25, 0.3) is 0 Å². The summed E-state index contributed by atoms with van der Waals surface area (Å²) in [4.78, 5) is 11.9. The molecule has 3 nitrogen and oxygen atoms in total. The van der Waals surface area contributed by atoms with Crippen molar-refractivity contribution in [3.8, 4) is 0 Å². The molecule has 0 aromatic heterocycles. The summed E-state index contributed by atoms with van der Waals surface area (Å²) < 4.78 is 0. The van der Waals surface area contributed by atoms with Crippen molar-refractivity contribution >= 4 is 18.5 Å². The predicted molar refractivity (Wildman–Crippen MR) is 91.9 cm³/mol. The molecule has 0 unspecified atom stereocenters. The lowest BCUT2D eigenvalue weighted by atomic mass is 9.33. The van der Waals surface area contributed by atoms with E-state index < -0.39 is 0 Å². The zero-order valence-corrected chi connectivity index (χ0v) is 14.0. The average Bonchev–Trinajstić information content (AvgIpc) is 2.36. The van der Waals surface area contributed by atoms with E-state index in [0.717, 1.165) is 29.1 Å². The largest absolute Gasteiger partial charge is 0.360 e. The molecule has 2 fully saturated rings. The zero-order valence-electron chi connectivity index (χ0n) is 14.0. The number of amidine groups is 2. The second kappa shape index (κ2) is 5.98. The number of allylic oxidation sites excluding steroid dienone is 1. The van der Waals surface area contributed by atoms with Crippen LogP contribution >= 0.6 is 0 Å². The van der Waals surface area contributed by atoms with E-state index in [2.05, 4.69) is 36.7 Å². The van der Waals surface area contributed by atoms with Crippen molar-refractivity contribution in [3.05, 3.63) is 11.9 Å². The van der Waals surface area contributed by atoms with E-state index in [0.29, 0.717) is 12.8 Å². The van der Waals surface area contributed by atoms with Gasteiger partial charge < -0.3 is 4.81 Å². The summed E-state index contributed by atoms with van der Waals surface area (Å²) in [6.07, 6.45) is 10.7. The van der Waals surface area contributed by atoms with Crippen LogP contribution in [0.4, 0.5) is 0 Å². The smallest absolute Gasteiger partial charge is 0.270 e. The number of hydrogen-bond donors (Lipinski definition) is 0. The first-order valence-corrected chi connectivity index (χ1v) is 8.68. The van der Waals surface area contributed by atoms with Crippen molar-refractivity contribution in [2.24, 2.45) is 15.9 Å². The minimum absolute atomic E-state index is 0.522. The minimum atomic E-state index is 0.522. The van der Waals surface area contributed by atoms with Crippen LogP contribution in [0.1, 0.15) is 66.2 Å². The molecule has 2 saturated heterocycles. The third-order valence-electron chi connectivity index (χ3n) is 5.24. The summed E-state index contributed by atoms with van der Waals surface area (Å²) in [6, 6.07) is 0. The summed E-state index contributed by atoms with van der Waals surface area (Å²) >= 11 is 0. The molecule has 3 heterocycles. The number of hydrogen-bond acceptors (Lipinski definition) is 3. The molecule has 0 amide bonds. The molecule has 0 aromatic rings. The van der Waals surface area contributed by atoms with E-state index in [1.165, 1.54) is 38.5 Å². The minimum Gasteiger partial charge on any atom is -0.360 e. The van der Waals surface area contributed by atoms with Crippen LogP contribution in [-0.2, 0) is 0 Å². The van der Waals surface area contributed by atoms with Crippen LogP contribution in [0, 0.1) is 5.92 Å². The Bertz CT molecular complexity index is 470. The van der Waals surface area contributed by atoms with Crippen LogP contribution in [0.15, 0.2) is 21.9 Å². The summed E-state index contributed by atoms with van der Waals surface area (Å²) in [5, 5.41) is 0. The van der Waals surface area contributed by atoms with Crippen LogP contribution < -0.4 is 0 Å². The molecule has 0 atom stereocenters. The van der Waals surface area contributed by atoms with Crippen LogP contribution in [-0.4, -0.2) is 23.3 Å². The molecule has 4 heteroatoms. The van der Waals surface area contributed by atoms with Gasteiger partial charge in [0.1, 0.15) is 11.7 Å². The van der Waals surface area contributed by atoms with Crippen LogP contribution in [0.2, 0.25) is 11.6 Å². The van der Waals surface area contributed by atoms with Gasteiger partial charge in [0.15, 0.2) is 0 Å². The van der Waals surface area contributed by atoms with E-state index >= 15 is 0 Å². The Kier molecular flexibility index (Phi) is 4.23. The average molecular weight is 285 g/mol.